The van der Waals surface area contributed by atoms with Gasteiger partial charge in [-0.2, -0.15) is 10.2 Å². The molecule has 0 atom stereocenters. The maximum absolute atomic E-state index is 10.8. The first-order valence-corrected chi connectivity index (χ1v) is 10.6. The van der Waals surface area contributed by atoms with E-state index in [0.29, 0.717) is 11.6 Å². The van der Waals surface area contributed by atoms with Crippen molar-refractivity contribution in [1.29, 1.82) is 0 Å². The number of carbonyl (C=O) groups is 2. The van der Waals surface area contributed by atoms with Crippen LogP contribution in [-0.2, 0) is 16.8 Å². The van der Waals surface area contributed by atoms with E-state index in [0.717, 1.165) is 22.8 Å². The normalized spacial score (nSPS) is 9.42. The quantitative estimate of drug-likeness (QED) is 0.285. The van der Waals surface area contributed by atoms with Crippen LogP contribution in [0.25, 0.3) is 11.6 Å². The Morgan fingerprint density at radius 1 is 0.684 bits per heavy atom. The number of hydrogen-bond acceptors (Lipinski definition) is 8. The molecule has 6 N–H and O–H groups in total. The molecule has 16 heteroatoms. The van der Waals surface area contributed by atoms with Gasteiger partial charge in [0.15, 0.2) is 11.6 Å². The van der Waals surface area contributed by atoms with Gasteiger partial charge in [0.1, 0.15) is 11.4 Å². The Bertz CT molecular complexity index is 1310. The Balaban J connectivity index is 0. The van der Waals surface area contributed by atoms with Crippen molar-refractivity contribution in [3.05, 3.63) is 80.6 Å². The minimum atomic E-state index is -1.40. The molecule has 0 amide bonds. The van der Waals surface area contributed by atoms with Crippen molar-refractivity contribution in [3.63, 3.8) is 0 Å². The van der Waals surface area contributed by atoms with Crippen LogP contribution >= 0.6 is 23.2 Å². The molecule has 0 aliphatic carbocycles. The van der Waals surface area contributed by atoms with Crippen molar-refractivity contribution >= 4 is 35.1 Å². The molecule has 0 spiro atoms. The molecule has 0 bridgehead atoms. The molecule has 0 saturated carbocycles. The molecule has 13 nitrogen and oxygen atoms in total. The van der Waals surface area contributed by atoms with E-state index in [2.05, 4.69) is 20.2 Å². The summed E-state index contributed by atoms with van der Waals surface area (Å²) in [5, 5.41) is 30.1. The summed E-state index contributed by atoms with van der Waals surface area (Å²) in [7, 11) is 0. The number of nitrogens with zero attached hydrogens (tertiary/aromatic N) is 6. The van der Waals surface area contributed by atoms with Crippen LogP contribution in [0.1, 0.15) is 43.8 Å². The largest absolute Gasteiger partial charge is 2.00 e. The van der Waals surface area contributed by atoms with Crippen LogP contribution in [0.15, 0.2) is 36.4 Å². The zero-order chi connectivity index (χ0) is 25.2. The number of pyridine rings is 2. The molecule has 0 aliphatic rings. The van der Waals surface area contributed by atoms with E-state index in [-0.39, 0.29) is 54.6 Å². The predicted molar refractivity (Wildman–Crippen MR) is 131 cm³/mol. The molecule has 0 aliphatic heterocycles. The fourth-order valence-electron chi connectivity index (χ4n) is 3.11. The first kappa shape index (κ1) is 36.8. The fourth-order valence-corrected chi connectivity index (χ4v) is 3.47. The molecular weight excluding hydrogens is 590 g/mol. The van der Waals surface area contributed by atoms with Gasteiger partial charge in [0.25, 0.3) is 0 Å². The third-order valence-corrected chi connectivity index (χ3v) is 5.11. The van der Waals surface area contributed by atoms with Gasteiger partial charge in [-0.15, -0.1) is 0 Å². The number of rotatable bonds is 4. The first-order chi connectivity index (χ1) is 16.0. The third-order valence-electron chi connectivity index (χ3n) is 4.50. The second kappa shape index (κ2) is 15.1. The number of hydrogen-bond donors (Lipinski definition) is 0. The summed E-state index contributed by atoms with van der Waals surface area (Å²) in [6.07, 6.45) is 0. The van der Waals surface area contributed by atoms with Crippen LogP contribution in [0, 0.1) is 27.7 Å². The predicted octanol–water partition coefficient (Wildman–Crippen LogP) is -0.675. The minimum Gasteiger partial charge on any atom is -0.543 e. The van der Waals surface area contributed by atoms with Gasteiger partial charge in [0.05, 0.1) is 33.4 Å². The van der Waals surface area contributed by atoms with E-state index in [9.17, 15) is 19.8 Å². The number of aromatic carboxylic acids is 2. The van der Waals surface area contributed by atoms with Gasteiger partial charge in [-0.3, -0.25) is 0 Å². The fraction of sp³-hybridized carbons (Fsp3) is 0.182. The van der Waals surface area contributed by atoms with Crippen LogP contribution in [0.2, 0.25) is 10.0 Å². The standard InChI is InChI=1S/2C11H10ClN3O2.Co.3H2O/c2*1-6-5-7(2)15(14-6)9-4-3-8(12)10(13-9)11(16)17;;;;/h2*3-5H,1-2H3,(H,16,17);;3*1H2/q;;+2;;;/p-2. The van der Waals surface area contributed by atoms with Gasteiger partial charge >= 0.3 is 16.8 Å². The zero-order valence-corrected chi connectivity index (χ0v) is 22.9. The van der Waals surface area contributed by atoms with Gasteiger partial charge in [0.2, 0.25) is 0 Å². The SMILES string of the molecule is Cc1cc(C)n(-c2ccc(Cl)c(C(=O)[O-])n2)n1.Cc1cc(C)n(-c2ccc(Cl)c(C(=O)[O-])n2)n1.O.O.O.[Co+2]. The average Bonchev–Trinajstić information content (AvgIpc) is 3.28. The summed E-state index contributed by atoms with van der Waals surface area (Å²) in [5.74, 6) is -2.00. The van der Waals surface area contributed by atoms with Crippen LogP contribution < -0.4 is 10.2 Å². The van der Waals surface area contributed by atoms with E-state index < -0.39 is 11.9 Å². The van der Waals surface area contributed by atoms with Crippen molar-refractivity contribution in [2.45, 2.75) is 27.7 Å². The second-order valence-corrected chi connectivity index (χ2v) is 8.07. The first-order valence-electron chi connectivity index (χ1n) is 9.81. The molecular formula is C22H24Cl2CoN6O7. The van der Waals surface area contributed by atoms with Gasteiger partial charge < -0.3 is 36.2 Å². The van der Waals surface area contributed by atoms with E-state index in [1.807, 2.05) is 39.8 Å². The topological polar surface area (TPSA) is 236 Å². The molecule has 38 heavy (non-hydrogen) atoms. The second-order valence-electron chi connectivity index (χ2n) is 7.25. The molecule has 4 aromatic rings. The molecule has 1 radical (unpaired) electrons. The summed E-state index contributed by atoms with van der Waals surface area (Å²) in [6, 6.07) is 9.88. The summed E-state index contributed by atoms with van der Waals surface area (Å²) >= 11 is 11.4. The van der Waals surface area contributed by atoms with E-state index >= 15 is 0 Å². The molecule has 0 unspecified atom stereocenters. The summed E-state index contributed by atoms with van der Waals surface area (Å²) in [5.41, 5.74) is 2.82. The molecule has 4 rings (SSSR count). The number of aromatic nitrogens is 6. The smallest absolute Gasteiger partial charge is 0.543 e. The molecule has 0 aromatic carbocycles. The summed E-state index contributed by atoms with van der Waals surface area (Å²) < 4.78 is 3.11. The van der Waals surface area contributed by atoms with E-state index in [1.54, 1.807) is 21.5 Å². The molecule has 207 valence electrons. The van der Waals surface area contributed by atoms with E-state index in [1.165, 1.54) is 12.1 Å². The molecule has 4 heterocycles. The van der Waals surface area contributed by atoms with Crippen LogP contribution in [0.4, 0.5) is 0 Å². The van der Waals surface area contributed by atoms with Crippen LogP contribution in [0.3, 0.4) is 0 Å². The van der Waals surface area contributed by atoms with Gasteiger partial charge in [0, 0.05) is 11.4 Å². The Labute approximate surface area is 237 Å². The number of carboxylic acids is 2. The third kappa shape index (κ3) is 8.32. The Morgan fingerprint density at radius 2 is 1.00 bits per heavy atom. The van der Waals surface area contributed by atoms with Crippen LogP contribution in [0.5, 0.6) is 0 Å². The zero-order valence-electron chi connectivity index (χ0n) is 20.4. The van der Waals surface area contributed by atoms with Gasteiger partial charge in [-0.1, -0.05) is 23.2 Å². The maximum Gasteiger partial charge on any atom is 2.00 e. The number of aryl methyl sites for hydroxylation is 4. The van der Waals surface area contributed by atoms with Crippen LogP contribution in [-0.4, -0.2) is 57.9 Å². The molecule has 4 aromatic heterocycles. The van der Waals surface area contributed by atoms with Gasteiger partial charge in [-0.05, 0) is 64.1 Å². The molecule has 0 fully saturated rings. The maximum atomic E-state index is 10.8. The van der Waals surface area contributed by atoms with E-state index in [4.69, 9.17) is 23.2 Å². The van der Waals surface area contributed by atoms with Crippen molar-refractivity contribution < 1.29 is 53.0 Å². The van der Waals surface area contributed by atoms with Crippen molar-refractivity contribution in [2.24, 2.45) is 0 Å². The van der Waals surface area contributed by atoms with Crippen molar-refractivity contribution in [1.82, 2.24) is 29.5 Å². The number of halogens is 2. The molecule has 0 saturated heterocycles. The van der Waals surface area contributed by atoms with Gasteiger partial charge in [-0.25, -0.2) is 19.3 Å². The Kier molecular flexibility index (Phi) is 14.7. The Morgan fingerprint density at radius 3 is 1.24 bits per heavy atom. The van der Waals surface area contributed by atoms with Crippen molar-refractivity contribution in [2.75, 3.05) is 0 Å². The minimum absolute atomic E-state index is 0. The number of carboxylic acid groups (broad SMARTS) is 2. The van der Waals surface area contributed by atoms with Crippen molar-refractivity contribution in [3.8, 4) is 11.6 Å². The average molecular weight is 614 g/mol. The monoisotopic (exact) mass is 613 g/mol. The summed E-state index contributed by atoms with van der Waals surface area (Å²) in [6.45, 7) is 7.40. The Hall–Kier alpha value is -3.37. The summed E-state index contributed by atoms with van der Waals surface area (Å²) in [4.78, 5) is 29.5. The number of carbonyl (C=O) groups excluding carboxylic acids is 2.